The van der Waals surface area contributed by atoms with Gasteiger partial charge in [0, 0.05) is 37.4 Å². The van der Waals surface area contributed by atoms with Crippen molar-refractivity contribution in [1.82, 2.24) is 14.3 Å². The average molecular weight is 319 g/mol. The molecule has 9 heteroatoms. The van der Waals surface area contributed by atoms with Gasteiger partial charge in [0.05, 0.1) is 6.61 Å². The van der Waals surface area contributed by atoms with Crippen LogP contribution in [-0.2, 0) is 9.47 Å². The summed E-state index contributed by atoms with van der Waals surface area (Å²) in [4.78, 5) is 17.1. The molecule has 2 rings (SSSR count). The van der Waals surface area contributed by atoms with E-state index in [0.29, 0.717) is 23.6 Å². The van der Waals surface area contributed by atoms with Gasteiger partial charge in [-0.3, -0.25) is 4.79 Å². The molecule has 0 N–H and O–H groups in total. The zero-order valence-corrected chi connectivity index (χ0v) is 13.4. The molecule has 1 aliphatic heterocycles. The summed E-state index contributed by atoms with van der Waals surface area (Å²) in [5.41, 5.74) is 0. The molecule has 7 nitrogen and oxygen atoms in total. The number of hydrogen-bond acceptors (Lipinski definition) is 8. The van der Waals surface area contributed by atoms with Crippen LogP contribution in [0.4, 0.5) is 4.79 Å². The van der Waals surface area contributed by atoms with Crippen molar-refractivity contribution in [3.8, 4) is 5.19 Å². The summed E-state index contributed by atoms with van der Waals surface area (Å²) in [5, 5.41) is 0.698. The van der Waals surface area contributed by atoms with Gasteiger partial charge < -0.3 is 19.1 Å². The first-order chi connectivity index (χ1) is 9.35. The summed E-state index contributed by atoms with van der Waals surface area (Å²) >= 11 is 2.08. The van der Waals surface area contributed by atoms with Gasteiger partial charge in [0.1, 0.15) is 12.7 Å². The van der Waals surface area contributed by atoms with E-state index in [1.165, 1.54) is 4.90 Å². The number of nitrogens with zero attached hydrogens (tertiary/aromatic N) is 3. The maximum absolute atomic E-state index is 11.5. The van der Waals surface area contributed by atoms with E-state index in [4.69, 9.17) is 14.2 Å². The van der Waals surface area contributed by atoms with Crippen molar-refractivity contribution in [3.05, 3.63) is 0 Å². The first-order valence-electron chi connectivity index (χ1n) is 6.03. The highest BCUT2D eigenvalue weighted by Crippen LogP contribution is 2.25. The van der Waals surface area contributed by atoms with Gasteiger partial charge >= 0.3 is 0 Å². The van der Waals surface area contributed by atoms with Gasteiger partial charge in [-0.05, 0) is 13.8 Å². The molecule has 0 aliphatic carbocycles. The van der Waals surface area contributed by atoms with Gasteiger partial charge in [0.2, 0.25) is 5.16 Å². The lowest BCUT2D eigenvalue weighted by Gasteiger charge is -2.16. The highest BCUT2D eigenvalue weighted by atomic mass is 32.2. The van der Waals surface area contributed by atoms with Crippen molar-refractivity contribution in [2.45, 2.75) is 30.9 Å². The van der Waals surface area contributed by atoms with E-state index in [1.807, 2.05) is 13.8 Å². The minimum Gasteiger partial charge on any atom is -0.466 e. The van der Waals surface area contributed by atoms with Crippen LogP contribution >= 0.6 is 23.3 Å². The molecule has 1 aliphatic rings. The van der Waals surface area contributed by atoms with Crippen LogP contribution in [0.2, 0.25) is 0 Å². The summed E-state index contributed by atoms with van der Waals surface area (Å²) in [5.74, 6) is -0.561. The third-order valence-electron chi connectivity index (χ3n) is 2.39. The van der Waals surface area contributed by atoms with Crippen LogP contribution < -0.4 is 4.74 Å². The number of rotatable bonds is 4. The van der Waals surface area contributed by atoms with Crippen molar-refractivity contribution in [2.24, 2.45) is 0 Å². The number of carbonyl (C=O) groups is 1. The molecule has 1 saturated heterocycles. The minimum absolute atomic E-state index is 0.117. The van der Waals surface area contributed by atoms with Gasteiger partial charge in [-0.2, -0.15) is 9.36 Å². The fraction of sp³-hybridized carbons (Fsp3) is 0.727. The maximum Gasteiger partial charge on any atom is 0.294 e. The Balaban J connectivity index is 1.80. The summed E-state index contributed by atoms with van der Waals surface area (Å²) in [6.07, 6.45) is -0.117. The molecule has 1 atom stereocenters. The SMILES string of the molecule is CN(C)C(=O)Sc1nsc(OC[C@@H]2COC(C)(C)O2)n1. The largest absolute Gasteiger partial charge is 0.466 e. The third kappa shape index (κ3) is 4.30. The summed E-state index contributed by atoms with van der Waals surface area (Å²) < 4.78 is 20.6. The van der Waals surface area contributed by atoms with Crippen LogP contribution in [0.15, 0.2) is 5.16 Å². The lowest BCUT2D eigenvalue weighted by Crippen LogP contribution is -2.25. The quantitative estimate of drug-likeness (QED) is 0.784. The molecule has 0 spiro atoms. The molecule has 0 aromatic carbocycles. The molecule has 1 aromatic heterocycles. The lowest BCUT2D eigenvalue weighted by atomic mass is 10.4. The second-order valence-corrected chi connectivity index (χ2v) is 6.50. The minimum atomic E-state index is -0.561. The Kier molecular flexibility index (Phi) is 4.84. The molecular formula is C11H17N3O4S2. The molecule has 1 fully saturated rings. The van der Waals surface area contributed by atoms with Gasteiger partial charge in [0.25, 0.3) is 10.4 Å². The van der Waals surface area contributed by atoms with Crippen LogP contribution in [0.1, 0.15) is 13.8 Å². The van der Waals surface area contributed by atoms with E-state index in [9.17, 15) is 4.79 Å². The van der Waals surface area contributed by atoms with E-state index in [-0.39, 0.29) is 11.3 Å². The Labute approximate surface area is 125 Å². The van der Waals surface area contributed by atoms with Crippen molar-refractivity contribution in [2.75, 3.05) is 27.3 Å². The first-order valence-corrected chi connectivity index (χ1v) is 7.62. The Morgan fingerprint density at radius 3 is 2.95 bits per heavy atom. The molecule has 0 unspecified atom stereocenters. The maximum atomic E-state index is 11.5. The van der Waals surface area contributed by atoms with E-state index < -0.39 is 5.79 Å². The number of aromatic nitrogens is 2. The Morgan fingerprint density at radius 1 is 1.60 bits per heavy atom. The normalized spacial score (nSPS) is 20.9. The second-order valence-electron chi connectivity index (χ2n) is 4.87. The molecule has 2 heterocycles. The van der Waals surface area contributed by atoms with Crippen LogP contribution in [0.5, 0.6) is 5.19 Å². The monoisotopic (exact) mass is 319 g/mol. The number of hydrogen-bond donors (Lipinski definition) is 0. The second kappa shape index (κ2) is 6.25. The standard InChI is InChI=1S/C11H17N3O4S2/c1-11(2)17-6-7(18-11)5-16-9-12-8(13-20-9)19-10(15)14(3)4/h7H,5-6H2,1-4H3/t7-/m1/s1. The van der Waals surface area contributed by atoms with Crippen molar-refractivity contribution >= 4 is 28.5 Å². The molecule has 1 amide bonds. The number of ether oxygens (including phenoxy) is 3. The Morgan fingerprint density at radius 2 is 2.35 bits per heavy atom. The summed E-state index contributed by atoms with van der Waals surface area (Å²) in [6.45, 7) is 4.57. The van der Waals surface area contributed by atoms with E-state index in [0.717, 1.165) is 23.3 Å². The Hall–Kier alpha value is -0.900. The van der Waals surface area contributed by atoms with Crippen LogP contribution in [0.3, 0.4) is 0 Å². The molecule has 0 bridgehead atoms. The molecule has 20 heavy (non-hydrogen) atoms. The van der Waals surface area contributed by atoms with E-state index in [1.54, 1.807) is 14.1 Å². The van der Waals surface area contributed by atoms with E-state index in [2.05, 4.69) is 9.36 Å². The number of amides is 1. The number of thioether (sulfide) groups is 1. The third-order valence-corrected chi connectivity index (χ3v) is 4.04. The predicted octanol–water partition coefficient (Wildman–Crippen LogP) is 1.84. The van der Waals surface area contributed by atoms with Crippen LogP contribution in [0, 0.1) is 0 Å². The zero-order chi connectivity index (χ0) is 14.8. The number of carbonyl (C=O) groups excluding carboxylic acids is 1. The highest BCUT2D eigenvalue weighted by molar-refractivity contribution is 8.13. The predicted molar refractivity (Wildman–Crippen MR) is 75.2 cm³/mol. The molecular weight excluding hydrogens is 302 g/mol. The zero-order valence-electron chi connectivity index (χ0n) is 11.8. The van der Waals surface area contributed by atoms with Crippen LogP contribution in [-0.4, -0.2) is 58.7 Å². The van der Waals surface area contributed by atoms with Crippen LogP contribution in [0.25, 0.3) is 0 Å². The first kappa shape index (κ1) is 15.5. The van der Waals surface area contributed by atoms with Gasteiger partial charge in [0.15, 0.2) is 5.79 Å². The summed E-state index contributed by atoms with van der Waals surface area (Å²) in [7, 11) is 3.36. The molecule has 0 saturated carbocycles. The van der Waals surface area contributed by atoms with Gasteiger partial charge in [-0.25, -0.2) is 0 Å². The Bertz CT molecular complexity index is 478. The smallest absolute Gasteiger partial charge is 0.294 e. The average Bonchev–Trinajstić information content (AvgIpc) is 2.93. The van der Waals surface area contributed by atoms with Crippen molar-refractivity contribution in [3.63, 3.8) is 0 Å². The van der Waals surface area contributed by atoms with E-state index >= 15 is 0 Å². The van der Waals surface area contributed by atoms with Crippen molar-refractivity contribution < 1.29 is 19.0 Å². The molecule has 0 radical (unpaired) electrons. The molecule has 1 aromatic rings. The topological polar surface area (TPSA) is 73.8 Å². The van der Waals surface area contributed by atoms with Gasteiger partial charge in [-0.1, -0.05) is 0 Å². The lowest BCUT2D eigenvalue weighted by molar-refractivity contribution is -0.141. The fourth-order valence-electron chi connectivity index (χ4n) is 1.48. The summed E-state index contributed by atoms with van der Waals surface area (Å²) in [6, 6.07) is 0. The van der Waals surface area contributed by atoms with Crippen molar-refractivity contribution in [1.29, 1.82) is 0 Å². The highest BCUT2D eigenvalue weighted by Gasteiger charge is 2.33. The van der Waals surface area contributed by atoms with Gasteiger partial charge in [-0.15, -0.1) is 0 Å². The fourth-order valence-corrected chi connectivity index (χ4v) is 2.71. The molecule has 112 valence electrons.